The van der Waals surface area contributed by atoms with E-state index in [0.717, 1.165) is 64.4 Å². The summed E-state index contributed by atoms with van der Waals surface area (Å²) in [5.74, 6) is 1.82. The lowest BCUT2D eigenvalue weighted by Gasteiger charge is -2.26. The third kappa shape index (κ3) is 7.31. The van der Waals surface area contributed by atoms with E-state index in [0.29, 0.717) is 0 Å². The monoisotopic (exact) mass is 382 g/mol. The van der Waals surface area contributed by atoms with Crippen LogP contribution < -0.4 is 10.6 Å². The van der Waals surface area contributed by atoms with Crippen molar-refractivity contribution in [1.29, 1.82) is 0 Å². The Morgan fingerprint density at radius 3 is 2.63 bits per heavy atom. The summed E-state index contributed by atoms with van der Waals surface area (Å²) in [7, 11) is 0. The smallest absolute Gasteiger partial charge is 0.191 e. The van der Waals surface area contributed by atoms with E-state index in [1.807, 2.05) is 0 Å². The van der Waals surface area contributed by atoms with Gasteiger partial charge >= 0.3 is 0 Å². The maximum Gasteiger partial charge on any atom is 0.191 e. The van der Waals surface area contributed by atoms with Crippen LogP contribution >= 0.6 is 24.0 Å². The van der Waals surface area contributed by atoms with Crippen LogP contribution in [0.4, 0.5) is 0 Å². The Morgan fingerprint density at radius 1 is 1.26 bits per heavy atom. The van der Waals surface area contributed by atoms with Crippen LogP contribution in [-0.2, 0) is 4.74 Å². The van der Waals surface area contributed by atoms with E-state index in [1.54, 1.807) is 0 Å². The molecule has 1 saturated carbocycles. The van der Waals surface area contributed by atoms with Gasteiger partial charge in [0, 0.05) is 39.3 Å². The Balaban J connectivity index is 0.00000180. The zero-order chi connectivity index (χ0) is 12.6. The predicted molar refractivity (Wildman–Crippen MR) is 89.4 cm³/mol. The number of halogens is 1. The minimum Gasteiger partial charge on any atom is -0.379 e. The molecule has 112 valence electrons. The quantitative estimate of drug-likeness (QED) is 0.407. The largest absolute Gasteiger partial charge is 0.379 e. The first-order chi connectivity index (χ1) is 8.88. The average Bonchev–Trinajstić information content (AvgIpc) is 3.21. The SMILES string of the molecule is CCNC(=NCC1CC1)NCCN1CCOCC1.I. The van der Waals surface area contributed by atoms with Gasteiger partial charge in [0.25, 0.3) is 0 Å². The summed E-state index contributed by atoms with van der Waals surface area (Å²) in [6, 6.07) is 0. The van der Waals surface area contributed by atoms with E-state index in [9.17, 15) is 0 Å². The highest BCUT2D eigenvalue weighted by molar-refractivity contribution is 14.0. The van der Waals surface area contributed by atoms with Gasteiger partial charge in [0.2, 0.25) is 0 Å². The number of aliphatic imine (C=N–C) groups is 1. The molecule has 0 spiro atoms. The van der Waals surface area contributed by atoms with Gasteiger partial charge in [-0.2, -0.15) is 0 Å². The lowest BCUT2D eigenvalue weighted by atomic mass is 10.4. The first kappa shape index (κ1) is 17.0. The van der Waals surface area contributed by atoms with E-state index in [4.69, 9.17) is 4.74 Å². The molecule has 1 aliphatic heterocycles. The van der Waals surface area contributed by atoms with Crippen LogP contribution in [0, 0.1) is 5.92 Å². The zero-order valence-corrected chi connectivity index (χ0v) is 14.2. The molecule has 2 aliphatic rings. The lowest BCUT2D eigenvalue weighted by molar-refractivity contribution is 0.0389. The molecule has 0 unspecified atom stereocenters. The van der Waals surface area contributed by atoms with Crippen molar-refractivity contribution < 1.29 is 4.74 Å². The van der Waals surface area contributed by atoms with Crippen molar-refractivity contribution in [2.45, 2.75) is 19.8 Å². The zero-order valence-electron chi connectivity index (χ0n) is 11.9. The molecule has 0 aromatic heterocycles. The summed E-state index contributed by atoms with van der Waals surface area (Å²) in [4.78, 5) is 7.04. The number of nitrogens with zero attached hydrogens (tertiary/aromatic N) is 2. The summed E-state index contributed by atoms with van der Waals surface area (Å²) in [5, 5.41) is 6.71. The number of nitrogens with one attached hydrogen (secondary N) is 2. The molecule has 1 saturated heterocycles. The molecular weight excluding hydrogens is 355 g/mol. The molecule has 19 heavy (non-hydrogen) atoms. The van der Waals surface area contributed by atoms with Gasteiger partial charge in [0.15, 0.2) is 5.96 Å². The first-order valence-corrected chi connectivity index (χ1v) is 7.20. The molecule has 0 amide bonds. The highest BCUT2D eigenvalue weighted by Crippen LogP contribution is 2.28. The third-order valence-electron chi connectivity index (χ3n) is 3.37. The van der Waals surface area contributed by atoms with Crippen molar-refractivity contribution in [3.8, 4) is 0 Å². The van der Waals surface area contributed by atoms with Crippen molar-refractivity contribution in [3.05, 3.63) is 0 Å². The fraction of sp³-hybridized carbons (Fsp3) is 0.923. The van der Waals surface area contributed by atoms with Crippen LogP contribution in [0.1, 0.15) is 19.8 Å². The summed E-state index contributed by atoms with van der Waals surface area (Å²) in [6.07, 6.45) is 2.72. The molecule has 0 bridgehead atoms. The van der Waals surface area contributed by atoms with Crippen molar-refractivity contribution in [3.63, 3.8) is 0 Å². The van der Waals surface area contributed by atoms with Crippen molar-refractivity contribution in [1.82, 2.24) is 15.5 Å². The lowest BCUT2D eigenvalue weighted by Crippen LogP contribution is -2.44. The molecule has 2 N–H and O–H groups in total. The van der Waals surface area contributed by atoms with Gasteiger partial charge in [0.05, 0.1) is 13.2 Å². The molecule has 2 rings (SSSR count). The summed E-state index contributed by atoms with van der Waals surface area (Å²) in [5.41, 5.74) is 0. The summed E-state index contributed by atoms with van der Waals surface area (Å²) < 4.78 is 5.34. The highest BCUT2D eigenvalue weighted by atomic mass is 127. The molecule has 0 aromatic rings. The Hall–Kier alpha value is -0.0800. The van der Waals surface area contributed by atoms with Crippen LogP contribution in [-0.4, -0.2) is 63.3 Å². The van der Waals surface area contributed by atoms with E-state index >= 15 is 0 Å². The fourth-order valence-corrected chi connectivity index (χ4v) is 2.02. The van der Waals surface area contributed by atoms with Crippen LogP contribution in [0.25, 0.3) is 0 Å². The Labute approximate surface area is 133 Å². The third-order valence-corrected chi connectivity index (χ3v) is 3.37. The molecule has 0 aromatic carbocycles. The molecule has 1 aliphatic carbocycles. The minimum absolute atomic E-state index is 0. The van der Waals surface area contributed by atoms with Crippen LogP contribution in [0.3, 0.4) is 0 Å². The number of hydrogen-bond donors (Lipinski definition) is 2. The second kappa shape index (κ2) is 9.77. The molecule has 0 radical (unpaired) electrons. The van der Waals surface area contributed by atoms with E-state index in [1.165, 1.54) is 12.8 Å². The minimum atomic E-state index is 0. The average molecular weight is 382 g/mol. The molecular formula is C13H27IN4O. The Kier molecular flexibility index (Phi) is 8.72. The molecule has 5 nitrogen and oxygen atoms in total. The second-order valence-corrected chi connectivity index (χ2v) is 5.04. The number of morpholine rings is 1. The van der Waals surface area contributed by atoms with E-state index in [-0.39, 0.29) is 24.0 Å². The molecule has 6 heteroatoms. The second-order valence-electron chi connectivity index (χ2n) is 5.04. The van der Waals surface area contributed by atoms with E-state index in [2.05, 4.69) is 27.4 Å². The van der Waals surface area contributed by atoms with Gasteiger partial charge in [-0.3, -0.25) is 9.89 Å². The predicted octanol–water partition coefficient (Wildman–Crippen LogP) is 0.902. The number of rotatable bonds is 6. The number of hydrogen-bond acceptors (Lipinski definition) is 3. The Morgan fingerprint density at radius 2 is 2.00 bits per heavy atom. The Bertz CT molecular complexity index is 265. The van der Waals surface area contributed by atoms with Crippen LogP contribution in [0.2, 0.25) is 0 Å². The number of ether oxygens (including phenoxy) is 1. The maximum absolute atomic E-state index is 5.34. The highest BCUT2D eigenvalue weighted by Gasteiger charge is 2.20. The van der Waals surface area contributed by atoms with Crippen LogP contribution in [0.5, 0.6) is 0 Å². The first-order valence-electron chi connectivity index (χ1n) is 7.20. The fourth-order valence-electron chi connectivity index (χ4n) is 2.02. The van der Waals surface area contributed by atoms with Crippen molar-refractivity contribution in [2.24, 2.45) is 10.9 Å². The maximum atomic E-state index is 5.34. The van der Waals surface area contributed by atoms with Gasteiger partial charge in [-0.1, -0.05) is 0 Å². The van der Waals surface area contributed by atoms with Crippen LogP contribution in [0.15, 0.2) is 4.99 Å². The van der Waals surface area contributed by atoms with Gasteiger partial charge < -0.3 is 15.4 Å². The van der Waals surface area contributed by atoms with Gasteiger partial charge in [-0.05, 0) is 25.7 Å². The number of guanidine groups is 1. The molecule has 1 heterocycles. The van der Waals surface area contributed by atoms with Gasteiger partial charge in [-0.25, -0.2) is 0 Å². The normalized spacial score (nSPS) is 20.8. The van der Waals surface area contributed by atoms with Crippen molar-refractivity contribution in [2.75, 3.05) is 52.5 Å². The molecule has 2 fully saturated rings. The standard InChI is InChI=1S/C13H26N4O.HI/c1-2-14-13(16-11-12-3-4-12)15-5-6-17-7-9-18-10-8-17;/h12H,2-11H2,1H3,(H2,14,15,16);1H. The molecule has 0 atom stereocenters. The van der Waals surface area contributed by atoms with Gasteiger partial charge in [-0.15, -0.1) is 24.0 Å². The summed E-state index contributed by atoms with van der Waals surface area (Å²) in [6.45, 7) is 9.88. The van der Waals surface area contributed by atoms with E-state index < -0.39 is 0 Å². The topological polar surface area (TPSA) is 48.9 Å². The van der Waals surface area contributed by atoms with Gasteiger partial charge in [0.1, 0.15) is 0 Å². The summed E-state index contributed by atoms with van der Waals surface area (Å²) >= 11 is 0. The van der Waals surface area contributed by atoms with Crippen molar-refractivity contribution >= 4 is 29.9 Å².